The molecule has 7 heteroatoms. The third-order valence-corrected chi connectivity index (χ3v) is 2.47. The fourth-order valence-corrected chi connectivity index (χ4v) is 1.51. The lowest BCUT2D eigenvalue weighted by Gasteiger charge is -2.11. The predicted octanol–water partition coefficient (Wildman–Crippen LogP) is 1.04. The minimum Gasteiger partial charge on any atom is -0.481 e. The van der Waals surface area contributed by atoms with Crippen LogP contribution in [0.4, 0.5) is 0 Å². The third-order valence-electron chi connectivity index (χ3n) is 2.47. The Balaban J connectivity index is 1.96. The highest BCUT2D eigenvalue weighted by Crippen LogP contribution is 2.12. The number of nitrogens with zero attached hydrogens (tertiary/aromatic N) is 4. The lowest BCUT2D eigenvalue weighted by Crippen LogP contribution is -2.21. The maximum absolute atomic E-state index is 10.5. The second-order valence-corrected chi connectivity index (χ2v) is 4.11. The van der Waals surface area contributed by atoms with E-state index in [4.69, 9.17) is 9.63 Å². The van der Waals surface area contributed by atoms with Crippen LogP contribution in [0, 0.1) is 0 Å². The number of hydrogen-bond acceptors (Lipinski definition) is 6. The maximum atomic E-state index is 10.5. The zero-order chi connectivity index (χ0) is 13.7. The monoisotopic (exact) mass is 262 g/mol. The van der Waals surface area contributed by atoms with E-state index in [1.54, 1.807) is 19.3 Å². The molecule has 0 atom stereocenters. The molecule has 0 unspecified atom stereocenters. The van der Waals surface area contributed by atoms with Crippen molar-refractivity contribution in [2.24, 2.45) is 0 Å². The molecule has 0 spiro atoms. The molecule has 7 nitrogen and oxygen atoms in total. The SMILES string of the molecule is CN(CCC(=O)O)Cc1nc(-c2ccccn2)no1. The van der Waals surface area contributed by atoms with Crippen molar-refractivity contribution in [3.8, 4) is 11.5 Å². The molecule has 0 radical (unpaired) electrons. The van der Waals surface area contributed by atoms with Gasteiger partial charge in [-0.15, -0.1) is 0 Å². The summed E-state index contributed by atoms with van der Waals surface area (Å²) in [6, 6.07) is 5.45. The summed E-state index contributed by atoms with van der Waals surface area (Å²) in [6.45, 7) is 0.837. The molecule has 100 valence electrons. The van der Waals surface area contributed by atoms with Crippen LogP contribution in [0.3, 0.4) is 0 Å². The Labute approximate surface area is 109 Å². The van der Waals surface area contributed by atoms with Gasteiger partial charge < -0.3 is 9.63 Å². The second kappa shape index (κ2) is 6.05. The fraction of sp³-hybridized carbons (Fsp3) is 0.333. The molecule has 0 aliphatic rings. The lowest BCUT2D eigenvalue weighted by atomic mass is 10.3. The zero-order valence-corrected chi connectivity index (χ0v) is 10.5. The molecule has 1 N–H and O–H groups in total. The Hall–Kier alpha value is -2.28. The first-order valence-electron chi connectivity index (χ1n) is 5.79. The van der Waals surface area contributed by atoms with E-state index in [1.807, 2.05) is 17.0 Å². The van der Waals surface area contributed by atoms with Crippen LogP contribution in [0.2, 0.25) is 0 Å². The van der Waals surface area contributed by atoms with Crippen LogP contribution in [-0.4, -0.2) is 44.7 Å². The molecule has 19 heavy (non-hydrogen) atoms. The van der Waals surface area contributed by atoms with Crippen molar-refractivity contribution < 1.29 is 14.4 Å². The highest BCUT2D eigenvalue weighted by Gasteiger charge is 2.11. The number of aliphatic carboxylic acids is 1. The lowest BCUT2D eigenvalue weighted by molar-refractivity contribution is -0.137. The molecule has 2 aromatic rings. The summed E-state index contributed by atoms with van der Waals surface area (Å²) < 4.78 is 5.11. The van der Waals surface area contributed by atoms with Gasteiger partial charge in [0.2, 0.25) is 11.7 Å². The molecule has 0 amide bonds. The molecule has 0 fully saturated rings. The van der Waals surface area contributed by atoms with Gasteiger partial charge in [0.25, 0.3) is 0 Å². The number of carboxylic acid groups (broad SMARTS) is 1. The van der Waals surface area contributed by atoms with E-state index < -0.39 is 5.97 Å². The van der Waals surface area contributed by atoms with Crippen molar-refractivity contribution in [2.45, 2.75) is 13.0 Å². The minimum atomic E-state index is -0.827. The molecule has 2 aromatic heterocycles. The third kappa shape index (κ3) is 3.85. The molecule has 0 aliphatic carbocycles. The summed E-state index contributed by atoms with van der Waals surface area (Å²) in [6.07, 6.45) is 1.74. The molecule has 2 rings (SSSR count). The van der Waals surface area contributed by atoms with E-state index >= 15 is 0 Å². The first-order valence-corrected chi connectivity index (χ1v) is 5.79. The molecular weight excluding hydrogens is 248 g/mol. The first-order chi connectivity index (χ1) is 9.15. The largest absolute Gasteiger partial charge is 0.481 e. The van der Waals surface area contributed by atoms with Crippen molar-refractivity contribution in [1.82, 2.24) is 20.0 Å². The Morgan fingerprint density at radius 1 is 1.47 bits per heavy atom. The summed E-state index contributed by atoms with van der Waals surface area (Å²) in [5.41, 5.74) is 0.644. The van der Waals surface area contributed by atoms with Gasteiger partial charge in [-0.2, -0.15) is 4.98 Å². The highest BCUT2D eigenvalue weighted by atomic mass is 16.5. The minimum absolute atomic E-state index is 0.0811. The van der Waals surface area contributed by atoms with E-state index in [-0.39, 0.29) is 6.42 Å². The predicted molar refractivity (Wildman–Crippen MR) is 66.1 cm³/mol. The Kier molecular flexibility index (Phi) is 4.19. The Bertz CT molecular complexity index is 541. The van der Waals surface area contributed by atoms with E-state index in [0.717, 1.165) is 0 Å². The Morgan fingerprint density at radius 3 is 3.00 bits per heavy atom. The van der Waals surface area contributed by atoms with Gasteiger partial charge >= 0.3 is 5.97 Å². The van der Waals surface area contributed by atoms with Crippen LogP contribution in [0.15, 0.2) is 28.9 Å². The average molecular weight is 262 g/mol. The topological polar surface area (TPSA) is 92.4 Å². The number of pyridine rings is 1. The van der Waals surface area contributed by atoms with Gasteiger partial charge in [0.15, 0.2) is 0 Å². The van der Waals surface area contributed by atoms with Gasteiger partial charge in [0.05, 0.1) is 13.0 Å². The number of aromatic nitrogens is 3. The fourth-order valence-electron chi connectivity index (χ4n) is 1.51. The van der Waals surface area contributed by atoms with E-state index in [9.17, 15) is 4.79 Å². The van der Waals surface area contributed by atoms with E-state index in [0.29, 0.717) is 30.5 Å². The van der Waals surface area contributed by atoms with E-state index in [1.165, 1.54) is 0 Å². The molecule has 2 heterocycles. The summed E-state index contributed by atoms with van der Waals surface area (Å²) in [5.74, 6) is 0.0438. The van der Waals surface area contributed by atoms with Crippen LogP contribution in [0.5, 0.6) is 0 Å². The Morgan fingerprint density at radius 2 is 2.32 bits per heavy atom. The molecule has 0 saturated carbocycles. The van der Waals surface area contributed by atoms with E-state index in [2.05, 4.69) is 15.1 Å². The van der Waals surface area contributed by atoms with Gasteiger partial charge in [-0.05, 0) is 19.2 Å². The number of hydrogen-bond donors (Lipinski definition) is 1. The zero-order valence-electron chi connectivity index (χ0n) is 10.5. The smallest absolute Gasteiger partial charge is 0.304 e. The highest BCUT2D eigenvalue weighted by molar-refractivity contribution is 5.66. The quantitative estimate of drug-likeness (QED) is 0.831. The molecule has 0 saturated heterocycles. The van der Waals surface area contributed by atoms with Crippen LogP contribution in [0.1, 0.15) is 12.3 Å². The molecular formula is C12H14N4O3. The van der Waals surface area contributed by atoms with Crippen molar-refractivity contribution in [1.29, 1.82) is 0 Å². The number of rotatable bonds is 6. The summed E-state index contributed by atoms with van der Waals surface area (Å²) in [5, 5.41) is 12.4. The first kappa shape index (κ1) is 13.2. The van der Waals surface area contributed by atoms with Crippen LogP contribution in [0.25, 0.3) is 11.5 Å². The van der Waals surface area contributed by atoms with Crippen LogP contribution < -0.4 is 0 Å². The van der Waals surface area contributed by atoms with Crippen molar-refractivity contribution in [3.63, 3.8) is 0 Å². The van der Waals surface area contributed by atoms with Gasteiger partial charge in [0.1, 0.15) is 5.69 Å². The maximum Gasteiger partial charge on any atom is 0.304 e. The normalized spacial score (nSPS) is 10.8. The molecule has 0 bridgehead atoms. The standard InChI is InChI=1S/C12H14N4O3/c1-16(7-5-11(17)18)8-10-14-12(15-19-10)9-4-2-3-6-13-9/h2-4,6H,5,7-8H2,1H3,(H,17,18). The summed E-state index contributed by atoms with van der Waals surface area (Å²) in [7, 11) is 1.80. The van der Waals surface area contributed by atoms with Gasteiger partial charge in [-0.1, -0.05) is 11.2 Å². The molecule has 0 aliphatic heterocycles. The number of carbonyl (C=O) groups is 1. The van der Waals surface area contributed by atoms with Crippen molar-refractivity contribution in [3.05, 3.63) is 30.3 Å². The molecule has 0 aromatic carbocycles. The second-order valence-electron chi connectivity index (χ2n) is 4.11. The average Bonchev–Trinajstić information content (AvgIpc) is 2.86. The van der Waals surface area contributed by atoms with Gasteiger partial charge in [0, 0.05) is 12.7 Å². The summed E-state index contributed by atoms with van der Waals surface area (Å²) in [4.78, 5) is 20.6. The van der Waals surface area contributed by atoms with Gasteiger partial charge in [-0.25, -0.2) is 0 Å². The number of carboxylic acids is 1. The summed E-state index contributed by atoms with van der Waals surface area (Å²) >= 11 is 0. The van der Waals surface area contributed by atoms with Gasteiger partial charge in [-0.3, -0.25) is 14.7 Å². The van der Waals surface area contributed by atoms with Crippen molar-refractivity contribution in [2.75, 3.05) is 13.6 Å². The van der Waals surface area contributed by atoms with Crippen LogP contribution >= 0.6 is 0 Å². The van der Waals surface area contributed by atoms with Crippen LogP contribution in [-0.2, 0) is 11.3 Å². The van der Waals surface area contributed by atoms with Crippen molar-refractivity contribution >= 4 is 5.97 Å².